The van der Waals surface area contributed by atoms with Gasteiger partial charge in [0.2, 0.25) is 5.91 Å². The Labute approximate surface area is 83.0 Å². The van der Waals surface area contributed by atoms with Crippen LogP contribution in [0.15, 0.2) is 29.4 Å². The minimum absolute atomic E-state index is 0.183. The Morgan fingerprint density at radius 3 is 3.00 bits per heavy atom. The molecule has 2 heterocycles. The summed E-state index contributed by atoms with van der Waals surface area (Å²) in [6.45, 7) is 4.72. The Hall–Kier alpha value is -1.51. The van der Waals surface area contributed by atoms with Gasteiger partial charge in [-0.05, 0) is 17.7 Å². The summed E-state index contributed by atoms with van der Waals surface area (Å²) in [5, 5.41) is 0. The number of nitrogens with zero attached hydrogens (tertiary/aromatic N) is 1. The van der Waals surface area contributed by atoms with Crippen molar-refractivity contribution >= 4 is 11.5 Å². The normalized spacial score (nSPS) is 21.6. The first-order valence-corrected chi connectivity index (χ1v) is 4.65. The standard InChI is InChI=1S/C11H13NO2/c1-8(10-4-3-5-14-10)9-6-11(13)12(2)7-9/h3-5,9H,1,6-7H2,2H3/t9-/m1/s1. The molecule has 14 heavy (non-hydrogen) atoms. The first-order valence-electron chi connectivity index (χ1n) is 4.65. The summed E-state index contributed by atoms with van der Waals surface area (Å²) in [6.07, 6.45) is 2.18. The van der Waals surface area contributed by atoms with Crippen LogP contribution in [-0.2, 0) is 4.79 Å². The van der Waals surface area contributed by atoms with E-state index in [2.05, 4.69) is 6.58 Å². The van der Waals surface area contributed by atoms with Gasteiger partial charge < -0.3 is 9.32 Å². The summed E-state index contributed by atoms with van der Waals surface area (Å²) in [5.74, 6) is 1.18. The van der Waals surface area contributed by atoms with E-state index in [1.54, 1.807) is 11.2 Å². The summed E-state index contributed by atoms with van der Waals surface area (Å²) >= 11 is 0. The van der Waals surface area contributed by atoms with E-state index in [0.717, 1.165) is 17.9 Å². The van der Waals surface area contributed by atoms with Crippen molar-refractivity contribution in [2.75, 3.05) is 13.6 Å². The van der Waals surface area contributed by atoms with Crippen molar-refractivity contribution in [3.63, 3.8) is 0 Å². The van der Waals surface area contributed by atoms with Crippen LogP contribution in [0.1, 0.15) is 12.2 Å². The summed E-state index contributed by atoms with van der Waals surface area (Å²) in [7, 11) is 1.82. The van der Waals surface area contributed by atoms with Crippen molar-refractivity contribution in [2.45, 2.75) is 6.42 Å². The van der Waals surface area contributed by atoms with Crippen molar-refractivity contribution in [2.24, 2.45) is 5.92 Å². The first-order chi connectivity index (χ1) is 6.68. The van der Waals surface area contributed by atoms with E-state index in [4.69, 9.17) is 4.42 Å². The Bertz CT molecular complexity index is 353. The zero-order chi connectivity index (χ0) is 10.1. The highest BCUT2D eigenvalue weighted by molar-refractivity contribution is 5.82. The molecule has 0 bridgehead atoms. The number of hydrogen-bond acceptors (Lipinski definition) is 2. The third kappa shape index (κ3) is 1.45. The molecule has 1 aromatic heterocycles. The second-order valence-electron chi connectivity index (χ2n) is 3.68. The molecule has 0 aromatic carbocycles. The molecule has 1 aliphatic heterocycles. The molecule has 74 valence electrons. The molecule has 1 aromatic rings. The third-order valence-electron chi connectivity index (χ3n) is 2.67. The second-order valence-corrected chi connectivity index (χ2v) is 3.68. The molecular weight excluding hydrogens is 178 g/mol. The Kier molecular flexibility index (Phi) is 2.15. The lowest BCUT2D eigenvalue weighted by Gasteiger charge is -2.10. The summed E-state index contributed by atoms with van der Waals surface area (Å²) in [4.78, 5) is 13.0. The van der Waals surface area contributed by atoms with E-state index < -0.39 is 0 Å². The second kappa shape index (κ2) is 3.33. The molecule has 1 saturated heterocycles. The van der Waals surface area contributed by atoms with Crippen molar-refractivity contribution < 1.29 is 9.21 Å². The van der Waals surface area contributed by atoms with Crippen LogP contribution in [0.4, 0.5) is 0 Å². The van der Waals surface area contributed by atoms with Crippen molar-refractivity contribution in [1.29, 1.82) is 0 Å². The molecule has 0 spiro atoms. The highest BCUT2D eigenvalue weighted by Crippen LogP contribution is 2.29. The van der Waals surface area contributed by atoms with Crippen molar-refractivity contribution in [3.8, 4) is 0 Å². The van der Waals surface area contributed by atoms with E-state index in [1.165, 1.54) is 0 Å². The fraction of sp³-hybridized carbons (Fsp3) is 0.364. The van der Waals surface area contributed by atoms with Crippen LogP contribution in [0.5, 0.6) is 0 Å². The van der Waals surface area contributed by atoms with Crippen LogP contribution in [0.3, 0.4) is 0 Å². The lowest BCUT2D eigenvalue weighted by atomic mass is 9.98. The minimum atomic E-state index is 0.183. The molecule has 0 saturated carbocycles. The van der Waals surface area contributed by atoms with Gasteiger partial charge in [-0.1, -0.05) is 6.58 Å². The molecule has 3 nitrogen and oxygen atoms in total. The zero-order valence-corrected chi connectivity index (χ0v) is 8.19. The highest BCUT2D eigenvalue weighted by atomic mass is 16.3. The molecule has 0 aliphatic carbocycles. The van der Waals surface area contributed by atoms with Crippen LogP contribution in [0, 0.1) is 5.92 Å². The van der Waals surface area contributed by atoms with Crippen LogP contribution >= 0.6 is 0 Å². The van der Waals surface area contributed by atoms with Crippen molar-refractivity contribution in [1.82, 2.24) is 4.90 Å². The fourth-order valence-electron chi connectivity index (χ4n) is 1.76. The van der Waals surface area contributed by atoms with Crippen molar-refractivity contribution in [3.05, 3.63) is 30.7 Å². The van der Waals surface area contributed by atoms with Gasteiger partial charge in [-0.2, -0.15) is 0 Å². The molecular formula is C11H13NO2. The van der Waals surface area contributed by atoms with Gasteiger partial charge in [-0.25, -0.2) is 0 Å². The van der Waals surface area contributed by atoms with E-state index in [1.807, 2.05) is 19.2 Å². The predicted molar refractivity (Wildman–Crippen MR) is 53.5 cm³/mol. The number of likely N-dealkylation sites (tertiary alicyclic amines) is 1. The molecule has 0 unspecified atom stereocenters. The monoisotopic (exact) mass is 191 g/mol. The van der Waals surface area contributed by atoms with E-state index >= 15 is 0 Å². The lowest BCUT2D eigenvalue weighted by Crippen LogP contribution is -2.19. The summed E-state index contributed by atoms with van der Waals surface area (Å²) < 4.78 is 5.25. The highest BCUT2D eigenvalue weighted by Gasteiger charge is 2.29. The molecule has 0 N–H and O–H groups in total. The van der Waals surface area contributed by atoms with Gasteiger partial charge >= 0.3 is 0 Å². The summed E-state index contributed by atoms with van der Waals surface area (Å²) in [6, 6.07) is 3.71. The maximum Gasteiger partial charge on any atom is 0.223 e. The number of carbonyl (C=O) groups is 1. The van der Waals surface area contributed by atoms with Crippen LogP contribution in [0.25, 0.3) is 5.57 Å². The maximum atomic E-state index is 11.3. The van der Waals surface area contributed by atoms with Crippen LogP contribution in [0.2, 0.25) is 0 Å². The van der Waals surface area contributed by atoms with Gasteiger partial charge in [0.1, 0.15) is 5.76 Å². The van der Waals surface area contributed by atoms with Gasteiger partial charge in [0, 0.05) is 25.9 Å². The van der Waals surface area contributed by atoms with Gasteiger partial charge in [0.25, 0.3) is 0 Å². The van der Waals surface area contributed by atoms with Gasteiger partial charge in [-0.15, -0.1) is 0 Å². The number of rotatable bonds is 2. The minimum Gasteiger partial charge on any atom is -0.465 e. The SMILES string of the molecule is C=C(c1ccco1)[C@@H]1CC(=O)N(C)C1. The molecule has 1 fully saturated rings. The molecule has 2 rings (SSSR count). The maximum absolute atomic E-state index is 11.3. The predicted octanol–water partition coefficient (Wildman–Crippen LogP) is 1.77. The topological polar surface area (TPSA) is 33.5 Å². The molecule has 1 amide bonds. The smallest absolute Gasteiger partial charge is 0.223 e. The van der Waals surface area contributed by atoms with E-state index in [0.29, 0.717) is 6.42 Å². The zero-order valence-electron chi connectivity index (χ0n) is 8.19. The molecule has 0 radical (unpaired) electrons. The molecule has 1 atom stereocenters. The number of carbonyl (C=O) groups excluding carboxylic acids is 1. The van der Waals surface area contributed by atoms with E-state index in [9.17, 15) is 4.79 Å². The Balaban J connectivity index is 2.11. The third-order valence-corrected chi connectivity index (χ3v) is 2.67. The fourth-order valence-corrected chi connectivity index (χ4v) is 1.76. The number of hydrogen-bond donors (Lipinski definition) is 0. The Morgan fingerprint density at radius 1 is 1.71 bits per heavy atom. The van der Waals surface area contributed by atoms with Crippen LogP contribution in [-0.4, -0.2) is 24.4 Å². The quantitative estimate of drug-likeness (QED) is 0.713. The van der Waals surface area contributed by atoms with Gasteiger partial charge in [-0.3, -0.25) is 4.79 Å². The average molecular weight is 191 g/mol. The number of amides is 1. The molecule has 3 heteroatoms. The summed E-state index contributed by atoms with van der Waals surface area (Å²) in [5.41, 5.74) is 0.924. The Morgan fingerprint density at radius 2 is 2.50 bits per heavy atom. The van der Waals surface area contributed by atoms with E-state index in [-0.39, 0.29) is 11.8 Å². The average Bonchev–Trinajstić information content (AvgIpc) is 2.76. The van der Waals surface area contributed by atoms with Crippen LogP contribution < -0.4 is 0 Å². The molecule has 1 aliphatic rings. The lowest BCUT2D eigenvalue weighted by molar-refractivity contribution is -0.126. The van der Waals surface area contributed by atoms with Gasteiger partial charge in [0.05, 0.1) is 6.26 Å². The largest absolute Gasteiger partial charge is 0.465 e. The number of furan rings is 1. The van der Waals surface area contributed by atoms with Gasteiger partial charge in [0.15, 0.2) is 0 Å². The first kappa shape index (κ1) is 9.06.